The van der Waals surface area contributed by atoms with Crippen LogP contribution in [0.5, 0.6) is 5.75 Å². The van der Waals surface area contributed by atoms with E-state index in [1.807, 2.05) is 12.1 Å². The maximum absolute atomic E-state index is 11.0. The van der Waals surface area contributed by atoms with Gasteiger partial charge in [0.2, 0.25) is 5.91 Å². The van der Waals surface area contributed by atoms with E-state index >= 15 is 0 Å². The molecule has 2 N–H and O–H groups in total. The highest BCUT2D eigenvalue weighted by atomic mass is 32.1. The van der Waals surface area contributed by atoms with Crippen LogP contribution >= 0.6 is 11.3 Å². The summed E-state index contributed by atoms with van der Waals surface area (Å²) < 4.78 is 6.04. The van der Waals surface area contributed by atoms with Gasteiger partial charge in [0.25, 0.3) is 0 Å². The van der Waals surface area contributed by atoms with Crippen molar-refractivity contribution in [3.05, 3.63) is 58.1 Å². The van der Waals surface area contributed by atoms with Crippen molar-refractivity contribution in [2.45, 2.75) is 40.2 Å². The molecule has 0 radical (unpaired) electrons. The first-order valence-corrected chi connectivity index (χ1v) is 12.7. The molecule has 1 aliphatic rings. The van der Waals surface area contributed by atoms with Gasteiger partial charge in [-0.3, -0.25) is 9.69 Å². The molecule has 0 unspecified atom stereocenters. The molecule has 0 spiro atoms. The van der Waals surface area contributed by atoms with Crippen LogP contribution in [-0.2, 0) is 17.8 Å². The quantitative estimate of drug-likeness (QED) is 0.447. The molecule has 0 saturated carbocycles. The number of benzene rings is 2. The van der Waals surface area contributed by atoms with E-state index in [4.69, 9.17) is 9.72 Å². The van der Waals surface area contributed by atoms with E-state index in [1.165, 1.54) is 34.2 Å². The van der Waals surface area contributed by atoms with Crippen LogP contribution in [0.3, 0.4) is 0 Å². The normalized spacial score (nSPS) is 13.5. The maximum Gasteiger partial charge on any atom is 0.216 e. The molecule has 2 aromatic carbocycles. The van der Waals surface area contributed by atoms with E-state index in [0.29, 0.717) is 19.7 Å². The number of carbonyl (C=O) groups excluding carboxylic acids is 1. The minimum atomic E-state index is -0.0166. The van der Waals surface area contributed by atoms with Crippen molar-refractivity contribution >= 4 is 17.2 Å². The molecule has 0 saturated heterocycles. The predicted molar refractivity (Wildman–Crippen MR) is 137 cm³/mol. The Morgan fingerprint density at radius 2 is 1.88 bits per heavy atom. The first kappa shape index (κ1) is 24.4. The number of ether oxygens (including phenoxy) is 1. The monoisotopic (exact) mass is 479 g/mol. The van der Waals surface area contributed by atoms with Gasteiger partial charge in [-0.25, -0.2) is 4.98 Å². The lowest BCUT2D eigenvalue weighted by Crippen LogP contribution is -2.32. The molecule has 2 heterocycles. The fourth-order valence-corrected chi connectivity index (χ4v) is 5.67. The zero-order valence-electron chi connectivity index (χ0n) is 20.2. The molecule has 4 rings (SSSR count). The Morgan fingerprint density at radius 3 is 2.65 bits per heavy atom. The number of aromatic nitrogens is 1. The number of β-amino-alcohol motifs (C(OH)–C–C–N with tert-alkyl or cyclic N) is 1. The van der Waals surface area contributed by atoms with Crippen molar-refractivity contribution in [1.29, 1.82) is 0 Å². The Morgan fingerprint density at radius 1 is 1.15 bits per heavy atom. The maximum atomic E-state index is 11.0. The number of nitrogens with one attached hydrogen (secondary N) is 1. The third kappa shape index (κ3) is 5.49. The zero-order valence-corrected chi connectivity index (χ0v) is 21.0. The fourth-order valence-electron chi connectivity index (χ4n) is 4.44. The third-order valence-electron chi connectivity index (χ3n) is 6.32. The number of hydrogen-bond acceptors (Lipinski definition) is 6. The summed E-state index contributed by atoms with van der Waals surface area (Å²) >= 11 is 1.77. The van der Waals surface area contributed by atoms with Crippen molar-refractivity contribution in [2.75, 3.05) is 32.8 Å². The number of amides is 1. The van der Waals surface area contributed by atoms with E-state index in [0.717, 1.165) is 47.8 Å². The van der Waals surface area contributed by atoms with E-state index in [9.17, 15) is 9.90 Å². The summed E-state index contributed by atoms with van der Waals surface area (Å²) in [6.07, 6.45) is 1.70. The molecule has 0 bridgehead atoms. The van der Waals surface area contributed by atoms with Gasteiger partial charge in [-0.05, 0) is 48.6 Å². The lowest BCUT2D eigenvalue weighted by atomic mass is 9.93. The molecule has 1 amide bonds. The van der Waals surface area contributed by atoms with Crippen LogP contribution in [0.2, 0.25) is 0 Å². The first-order chi connectivity index (χ1) is 16.5. The summed E-state index contributed by atoms with van der Waals surface area (Å²) in [5, 5.41) is 13.2. The number of fused-ring (bicyclic) bond motifs is 1. The molecule has 6 nitrogen and oxygen atoms in total. The first-order valence-electron chi connectivity index (χ1n) is 11.9. The van der Waals surface area contributed by atoms with Crippen LogP contribution in [0.15, 0.2) is 36.4 Å². The van der Waals surface area contributed by atoms with Gasteiger partial charge in [0.05, 0.1) is 18.9 Å². The Labute approximate surface area is 205 Å². The van der Waals surface area contributed by atoms with Gasteiger partial charge >= 0.3 is 0 Å². The molecule has 1 aromatic heterocycles. The molecule has 34 heavy (non-hydrogen) atoms. The van der Waals surface area contributed by atoms with Crippen molar-refractivity contribution < 1.29 is 14.6 Å². The van der Waals surface area contributed by atoms with Crippen LogP contribution < -0.4 is 10.1 Å². The molecule has 0 fully saturated rings. The average molecular weight is 480 g/mol. The molecule has 0 aliphatic carbocycles. The Hall–Kier alpha value is -2.74. The minimum Gasteiger partial charge on any atom is -0.493 e. The van der Waals surface area contributed by atoms with Gasteiger partial charge in [0.1, 0.15) is 10.8 Å². The van der Waals surface area contributed by atoms with Gasteiger partial charge in [0, 0.05) is 50.0 Å². The van der Waals surface area contributed by atoms with Crippen molar-refractivity contribution in [3.63, 3.8) is 0 Å². The molecule has 0 atom stereocenters. The number of nitrogens with zero attached hydrogens (tertiary/aromatic N) is 2. The van der Waals surface area contributed by atoms with Gasteiger partial charge in [-0.15, -0.1) is 11.3 Å². The smallest absolute Gasteiger partial charge is 0.216 e. The fraction of sp³-hybridized carbons (Fsp3) is 0.407. The number of rotatable bonds is 9. The van der Waals surface area contributed by atoms with Crippen LogP contribution in [0.1, 0.15) is 35.0 Å². The standard InChI is InChI=1S/C27H33N3O3S/c1-18-21(22-8-5-10-25(19(22)2)33-16-6-12-28-20(3)32)7-4-9-23(18)27-29-24-11-13-30(14-15-31)17-26(24)34-27/h4-5,7-10,31H,6,11-17H2,1-3H3,(H,28,32). The largest absolute Gasteiger partial charge is 0.493 e. The van der Waals surface area contributed by atoms with Crippen LogP contribution in [-0.4, -0.2) is 53.7 Å². The van der Waals surface area contributed by atoms with Crippen LogP contribution in [0, 0.1) is 13.8 Å². The van der Waals surface area contributed by atoms with Gasteiger partial charge in [-0.2, -0.15) is 0 Å². The summed E-state index contributed by atoms with van der Waals surface area (Å²) in [6, 6.07) is 12.6. The van der Waals surface area contributed by atoms with Crippen molar-refractivity contribution in [2.24, 2.45) is 0 Å². The minimum absolute atomic E-state index is 0.0166. The third-order valence-corrected chi connectivity index (χ3v) is 7.43. The van der Waals surface area contributed by atoms with E-state index in [-0.39, 0.29) is 12.5 Å². The predicted octanol–water partition coefficient (Wildman–Crippen LogP) is 4.35. The number of thiazole rings is 1. The molecule has 1 aliphatic heterocycles. The summed E-state index contributed by atoms with van der Waals surface area (Å²) in [4.78, 5) is 19.6. The lowest BCUT2D eigenvalue weighted by molar-refractivity contribution is -0.118. The Bertz CT molecular complexity index is 1160. The Kier molecular flexibility index (Phi) is 7.98. The van der Waals surface area contributed by atoms with Crippen LogP contribution in [0.4, 0.5) is 0 Å². The molecule has 3 aromatic rings. The zero-order chi connectivity index (χ0) is 24.1. The molecule has 180 valence electrons. The highest BCUT2D eigenvalue weighted by Crippen LogP contribution is 2.38. The second-order valence-corrected chi connectivity index (χ2v) is 9.81. The second-order valence-electron chi connectivity index (χ2n) is 8.73. The van der Waals surface area contributed by atoms with E-state index in [1.54, 1.807) is 11.3 Å². The lowest BCUT2D eigenvalue weighted by Gasteiger charge is -2.24. The highest BCUT2D eigenvalue weighted by Gasteiger charge is 2.22. The van der Waals surface area contributed by atoms with Gasteiger partial charge < -0.3 is 15.2 Å². The topological polar surface area (TPSA) is 74.7 Å². The number of aliphatic hydroxyl groups excluding tert-OH is 1. The summed E-state index contributed by atoms with van der Waals surface area (Å²) in [5.41, 5.74) is 7.05. The second kappa shape index (κ2) is 11.1. The Balaban J connectivity index is 1.56. The van der Waals surface area contributed by atoms with E-state index < -0.39 is 0 Å². The number of carbonyl (C=O) groups is 1. The molecular weight excluding hydrogens is 446 g/mol. The summed E-state index contributed by atoms with van der Waals surface area (Å²) in [6.45, 7) is 9.70. The SMILES string of the molecule is CC(=O)NCCCOc1cccc(-c2cccc(-c3nc4c(s3)CN(CCO)CC4)c2C)c1C. The average Bonchev–Trinajstić information content (AvgIpc) is 3.23. The van der Waals surface area contributed by atoms with Crippen molar-refractivity contribution in [1.82, 2.24) is 15.2 Å². The highest BCUT2D eigenvalue weighted by molar-refractivity contribution is 7.15. The molecule has 7 heteroatoms. The van der Waals surface area contributed by atoms with E-state index in [2.05, 4.69) is 48.3 Å². The molecular formula is C27H33N3O3S. The van der Waals surface area contributed by atoms with Gasteiger partial charge in [-0.1, -0.05) is 30.3 Å². The van der Waals surface area contributed by atoms with Gasteiger partial charge in [0.15, 0.2) is 0 Å². The summed E-state index contributed by atoms with van der Waals surface area (Å²) in [7, 11) is 0. The number of aliphatic hydroxyl groups is 1. The van der Waals surface area contributed by atoms with Crippen molar-refractivity contribution in [3.8, 4) is 27.4 Å². The van der Waals surface area contributed by atoms with Crippen LogP contribution in [0.25, 0.3) is 21.7 Å². The number of hydrogen-bond donors (Lipinski definition) is 2. The summed E-state index contributed by atoms with van der Waals surface area (Å²) in [5.74, 6) is 0.857.